The number of benzene rings is 1. The Morgan fingerprint density at radius 3 is 2.09 bits per heavy atom. The topological polar surface area (TPSA) is 133 Å². The minimum atomic E-state index is -5.08. The molecule has 2 aliphatic rings. The van der Waals surface area contributed by atoms with Gasteiger partial charge in [-0.15, -0.1) is 0 Å². The molecule has 2 aromatic heterocycles. The number of hydrogen-bond donors (Lipinski definition) is 2. The predicted molar refractivity (Wildman–Crippen MR) is 139 cm³/mol. The first-order valence-electron chi connectivity index (χ1n) is 13.0. The lowest BCUT2D eigenvalue weighted by molar-refractivity contribution is -0.193. The zero-order valence-electron chi connectivity index (χ0n) is 23.1. The highest BCUT2D eigenvalue weighted by Gasteiger charge is 2.57. The molecule has 4 heterocycles. The number of carboxylic acids is 2. The van der Waals surface area contributed by atoms with Crippen LogP contribution in [-0.2, 0) is 32.2 Å². The molecule has 5 rings (SSSR count). The number of carbonyl (C=O) groups is 3. The lowest BCUT2D eigenvalue weighted by Gasteiger charge is -2.42. The number of aromatic nitrogens is 1. The molecule has 1 aromatic carbocycles. The molecular weight excluding hydrogens is 623 g/mol. The van der Waals surface area contributed by atoms with E-state index in [-0.39, 0.29) is 17.6 Å². The summed E-state index contributed by atoms with van der Waals surface area (Å²) in [6.45, 7) is 3.16. The molecule has 1 spiro atoms. The van der Waals surface area contributed by atoms with E-state index in [2.05, 4.69) is 9.88 Å². The Hall–Kier alpha value is -4.51. The largest absolute Gasteiger partial charge is 0.490 e. The van der Waals surface area contributed by atoms with Crippen molar-refractivity contribution in [1.82, 2.24) is 14.8 Å². The number of rotatable bonds is 5. The summed E-state index contributed by atoms with van der Waals surface area (Å²) in [6, 6.07) is 14.0. The maximum Gasteiger partial charge on any atom is 0.490 e. The number of nitrogens with zero attached hydrogens (tertiary/aromatic N) is 3. The SMILES string of the molecule is O=C(O)C(F)(F)F.O=C(O)C(F)(F)F.O=C1N(Cc2ccc(F)cc2)CCOC12CN(Cc1ccco1)CC2c1cccnc1. The zero-order chi connectivity index (χ0) is 33.4. The number of hydrogen-bond acceptors (Lipinski definition) is 7. The molecule has 2 saturated heterocycles. The summed E-state index contributed by atoms with van der Waals surface area (Å²) in [7, 11) is 0. The molecule has 0 aliphatic carbocycles. The van der Waals surface area contributed by atoms with E-state index in [0.717, 1.165) is 16.9 Å². The molecular formula is C28H26F7N3O7. The summed E-state index contributed by atoms with van der Waals surface area (Å²) in [5.41, 5.74) is 0.907. The Kier molecular flexibility index (Phi) is 11.3. The van der Waals surface area contributed by atoms with Crippen LogP contribution in [0.3, 0.4) is 0 Å². The lowest BCUT2D eigenvalue weighted by atomic mass is 9.83. The molecule has 17 heteroatoms. The van der Waals surface area contributed by atoms with Gasteiger partial charge in [0.05, 0.1) is 19.4 Å². The first kappa shape index (κ1) is 35.0. The van der Waals surface area contributed by atoms with Crippen LogP contribution in [-0.4, -0.2) is 87.0 Å². The molecule has 45 heavy (non-hydrogen) atoms. The normalized spacial score (nSPS) is 20.2. The molecule has 0 radical (unpaired) electrons. The molecule has 244 valence electrons. The molecule has 0 bridgehead atoms. The van der Waals surface area contributed by atoms with Crippen molar-refractivity contribution in [2.75, 3.05) is 26.2 Å². The summed E-state index contributed by atoms with van der Waals surface area (Å²) >= 11 is 0. The van der Waals surface area contributed by atoms with Gasteiger partial charge in [-0.1, -0.05) is 18.2 Å². The van der Waals surface area contributed by atoms with E-state index in [9.17, 15) is 35.5 Å². The summed E-state index contributed by atoms with van der Waals surface area (Å²) in [5, 5.41) is 14.2. The van der Waals surface area contributed by atoms with Crippen molar-refractivity contribution in [1.29, 1.82) is 0 Å². The van der Waals surface area contributed by atoms with Crippen LogP contribution in [0.1, 0.15) is 22.8 Å². The van der Waals surface area contributed by atoms with E-state index in [1.54, 1.807) is 24.6 Å². The van der Waals surface area contributed by atoms with Crippen LogP contribution in [0.2, 0.25) is 0 Å². The number of amides is 1. The summed E-state index contributed by atoms with van der Waals surface area (Å²) in [6.07, 6.45) is -4.96. The Morgan fingerprint density at radius 2 is 1.58 bits per heavy atom. The number of carboxylic acid groups (broad SMARTS) is 2. The van der Waals surface area contributed by atoms with Gasteiger partial charge in [0.1, 0.15) is 11.6 Å². The highest BCUT2D eigenvalue weighted by molar-refractivity contribution is 5.88. The van der Waals surface area contributed by atoms with Crippen LogP contribution >= 0.6 is 0 Å². The zero-order valence-corrected chi connectivity index (χ0v) is 23.1. The fraction of sp³-hybridized carbons (Fsp3) is 0.357. The van der Waals surface area contributed by atoms with Crippen LogP contribution < -0.4 is 0 Å². The van der Waals surface area contributed by atoms with Crippen molar-refractivity contribution >= 4 is 17.8 Å². The summed E-state index contributed by atoms with van der Waals surface area (Å²) < 4.78 is 88.6. The van der Waals surface area contributed by atoms with Gasteiger partial charge in [-0.05, 0) is 41.5 Å². The monoisotopic (exact) mass is 649 g/mol. The van der Waals surface area contributed by atoms with Gasteiger partial charge in [-0.2, -0.15) is 26.3 Å². The third kappa shape index (κ3) is 9.49. The first-order valence-corrected chi connectivity index (χ1v) is 13.0. The fourth-order valence-electron chi connectivity index (χ4n) is 4.71. The molecule has 1 amide bonds. The minimum Gasteiger partial charge on any atom is -0.475 e. The van der Waals surface area contributed by atoms with Gasteiger partial charge >= 0.3 is 24.3 Å². The quantitative estimate of drug-likeness (QED) is 0.384. The second-order valence-corrected chi connectivity index (χ2v) is 9.78. The summed E-state index contributed by atoms with van der Waals surface area (Å²) in [5.74, 6) is -5.11. The van der Waals surface area contributed by atoms with Gasteiger partial charge in [-0.25, -0.2) is 14.0 Å². The van der Waals surface area contributed by atoms with Crippen LogP contribution in [0.4, 0.5) is 30.7 Å². The molecule has 2 unspecified atom stereocenters. The molecule has 10 nitrogen and oxygen atoms in total. The Labute approximate surface area is 250 Å². The van der Waals surface area contributed by atoms with Crippen molar-refractivity contribution in [3.63, 3.8) is 0 Å². The Balaban J connectivity index is 0.000000331. The molecule has 2 atom stereocenters. The number of morpholine rings is 1. The number of ether oxygens (including phenoxy) is 1. The second kappa shape index (κ2) is 14.5. The van der Waals surface area contributed by atoms with Crippen molar-refractivity contribution in [3.05, 3.63) is 89.9 Å². The van der Waals surface area contributed by atoms with E-state index >= 15 is 0 Å². The van der Waals surface area contributed by atoms with Crippen LogP contribution in [0, 0.1) is 5.82 Å². The Bertz CT molecular complexity index is 1400. The average Bonchev–Trinajstić information content (AvgIpc) is 3.61. The minimum absolute atomic E-state index is 0.0288. The lowest BCUT2D eigenvalue weighted by Crippen LogP contribution is -2.59. The van der Waals surface area contributed by atoms with Crippen molar-refractivity contribution in [3.8, 4) is 0 Å². The van der Waals surface area contributed by atoms with E-state index in [0.29, 0.717) is 39.3 Å². The number of halogens is 7. The highest BCUT2D eigenvalue weighted by Crippen LogP contribution is 2.42. The maximum atomic E-state index is 13.8. The molecule has 2 aliphatic heterocycles. The number of aliphatic carboxylic acids is 2. The van der Waals surface area contributed by atoms with E-state index in [4.69, 9.17) is 29.0 Å². The summed E-state index contributed by atoms with van der Waals surface area (Å²) in [4.78, 5) is 39.9. The standard InChI is InChI=1S/C24H24FN3O3.2C2HF3O2/c25-20-7-5-18(6-8-20)14-28-10-12-31-24(23(28)29)17-27(15-21-4-2-11-30-21)16-22(24)19-3-1-9-26-13-19;2*3-2(4,5)1(6)7/h1-9,11,13,22H,10,12,14-17H2;2*(H,6,7). The van der Waals surface area contributed by atoms with E-state index in [1.165, 1.54) is 12.1 Å². The predicted octanol–water partition coefficient (Wildman–Crippen LogP) is 4.48. The van der Waals surface area contributed by atoms with Crippen molar-refractivity contribution < 1.29 is 64.5 Å². The molecule has 0 saturated carbocycles. The van der Waals surface area contributed by atoms with Crippen molar-refractivity contribution in [2.45, 2.75) is 37.0 Å². The average molecular weight is 650 g/mol. The Morgan fingerprint density at radius 1 is 0.956 bits per heavy atom. The van der Waals surface area contributed by atoms with Gasteiger partial charge in [0.2, 0.25) is 0 Å². The number of furan rings is 1. The van der Waals surface area contributed by atoms with Gasteiger partial charge in [0, 0.05) is 44.5 Å². The van der Waals surface area contributed by atoms with Crippen molar-refractivity contribution in [2.24, 2.45) is 0 Å². The highest BCUT2D eigenvalue weighted by atomic mass is 19.4. The van der Waals surface area contributed by atoms with Gasteiger partial charge in [0.25, 0.3) is 5.91 Å². The first-order chi connectivity index (χ1) is 21.0. The molecule has 2 fully saturated rings. The number of alkyl halides is 6. The van der Waals surface area contributed by atoms with Crippen LogP contribution in [0.25, 0.3) is 0 Å². The molecule has 2 N–H and O–H groups in total. The third-order valence-corrected chi connectivity index (χ3v) is 6.65. The smallest absolute Gasteiger partial charge is 0.475 e. The van der Waals surface area contributed by atoms with Crippen LogP contribution in [0.5, 0.6) is 0 Å². The van der Waals surface area contributed by atoms with Gasteiger partial charge in [0.15, 0.2) is 5.60 Å². The van der Waals surface area contributed by atoms with E-state index in [1.807, 2.05) is 35.4 Å². The molecule has 3 aromatic rings. The van der Waals surface area contributed by atoms with Gasteiger partial charge < -0.3 is 24.3 Å². The van der Waals surface area contributed by atoms with Gasteiger partial charge in [-0.3, -0.25) is 14.7 Å². The number of pyridine rings is 1. The maximum absolute atomic E-state index is 13.8. The number of carbonyl (C=O) groups excluding carboxylic acids is 1. The van der Waals surface area contributed by atoms with Crippen LogP contribution in [0.15, 0.2) is 71.6 Å². The third-order valence-electron chi connectivity index (χ3n) is 6.65. The second-order valence-electron chi connectivity index (χ2n) is 9.78. The van der Waals surface area contributed by atoms with E-state index < -0.39 is 29.9 Å². The fourth-order valence-corrected chi connectivity index (χ4v) is 4.71. The number of likely N-dealkylation sites (tertiary alicyclic amines) is 1.